The Labute approximate surface area is 97.0 Å². The number of rotatable bonds is 2. The Morgan fingerprint density at radius 1 is 1.62 bits per heavy atom. The standard InChI is InChI=1S/C10H13ClN2O3/c1-6(7-3-2-4-16-7)13-9(14)5-8(11)12-10(13)15/h5-7H,2-4H2,1H3,(H,12,15). The number of hydrogen-bond acceptors (Lipinski definition) is 3. The van der Waals surface area contributed by atoms with Gasteiger partial charge < -0.3 is 4.74 Å². The van der Waals surface area contributed by atoms with E-state index in [4.69, 9.17) is 16.3 Å². The van der Waals surface area contributed by atoms with Gasteiger partial charge in [0.1, 0.15) is 5.15 Å². The lowest BCUT2D eigenvalue weighted by Crippen LogP contribution is -2.40. The molecular formula is C10H13ClN2O3. The molecule has 1 aliphatic heterocycles. The fraction of sp³-hybridized carbons (Fsp3) is 0.600. The van der Waals surface area contributed by atoms with Gasteiger partial charge >= 0.3 is 5.69 Å². The van der Waals surface area contributed by atoms with Gasteiger partial charge in [-0.25, -0.2) is 4.79 Å². The number of nitrogens with one attached hydrogen (secondary N) is 1. The van der Waals surface area contributed by atoms with Crippen molar-refractivity contribution in [1.82, 2.24) is 9.55 Å². The number of aromatic amines is 1. The molecule has 1 fully saturated rings. The molecule has 0 radical (unpaired) electrons. The van der Waals surface area contributed by atoms with Gasteiger partial charge in [-0.15, -0.1) is 0 Å². The van der Waals surface area contributed by atoms with Crippen molar-refractivity contribution < 1.29 is 4.74 Å². The lowest BCUT2D eigenvalue weighted by Gasteiger charge is -2.19. The largest absolute Gasteiger partial charge is 0.376 e. The van der Waals surface area contributed by atoms with Gasteiger partial charge in [0, 0.05) is 12.7 Å². The summed E-state index contributed by atoms with van der Waals surface area (Å²) < 4.78 is 6.62. The van der Waals surface area contributed by atoms with Crippen LogP contribution in [0, 0.1) is 0 Å². The van der Waals surface area contributed by atoms with Crippen LogP contribution in [0.3, 0.4) is 0 Å². The highest BCUT2D eigenvalue weighted by atomic mass is 35.5. The van der Waals surface area contributed by atoms with Crippen molar-refractivity contribution in [1.29, 1.82) is 0 Å². The zero-order valence-corrected chi connectivity index (χ0v) is 9.66. The van der Waals surface area contributed by atoms with E-state index >= 15 is 0 Å². The zero-order valence-electron chi connectivity index (χ0n) is 8.90. The van der Waals surface area contributed by atoms with Gasteiger partial charge in [0.05, 0.1) is 12.1 Å². The minimum Gasteiger partial charge on any atom is -0.376 e. The SMILES string of the molecule is CC(C1CCCO1)n1c(=O)cc(Cl)[nH]c1=O. The first-order valence-corrected chi connectivity index (χ1v) is 5.60. The third kappa shape index (κ3) is 2.05. The van der Waals surface area contributed by atoms with E-state index in [1.54, 1.807) is 6.92 Å². The molecular weight excluding hydrogens is 232 g/mol. The van der Waals surface area contributed by atoms with E-state index in [0.717, 1.165) is 17.4 Å². The number of aromatic nitrogens is 2. The maximum absolute atomic E-state index is 11.7. The minimum atomic E-state index is -0.486. The number of hydrogen-bond donors (Lipinski definition) is 1. The number of H-pyrrole nitrogens is 1. The highest BCUT2D eigenvalue weighted by Crippen LogP contribution is 2.21. The van der Waals surface area contributed by atoms with Crippen LogP contribution in [0.4, 0.5) is 0 Å². The van der Waals surface area contributed by atoms with Crippen LogP contribution in [0.15, 0.2) is 15.7 Å². The van der Waals surface area contributed by atoms with Crippen molar-refractivity contribution in [3.05, 3.63) is 32.1 Å². The molecule has 2 unspecified atom stereocenters. The molecule has 1 aromatic heterocycles. The summed E-state index contributed by atoms with van der Waals surface area (Å²) >= 11 is 5.59. The number of ether oxygens (including phenoxy) is 1. The van der Waals surface area contributed by atoms with Crippen LogP contribution in [0.5, 0.6) is 0 Å². The molecule has 2 rings (SSSR count). The monoisotopic (exact) mass is 244 g/mol. The Hall–Kier alpha value is -1.07. The molecule has 0 amide bonds. The highest BCUT2D eigenvalue weighted by Gasteiger charge is 2.25. The van der Waals surface area contributed by atoms with E-state index in [-0.39, 0.29) is 17.3 Å². The van der Waals surface area contributed by atoms with Crippen molar-refractivity contribution in [2.24, 2.45) is 0 Å². The summed E-state index contributed by atoms with van der Waals surface area (Å²) in [6.07, 6.45) is 1.77. The first-order valence-electron chi connectivity index (χ1n) is 5.22. The summed E-state index contributed by atoms with van der Waals surface area (Å²) in [5.41, 5.74) is -0.878. The normalized spacial score (nSPS) is 22.2. The second kappa shape index (κ2) is 4.43. The van der Waals surface area contributed by atoms with Gasteiger partial charge in [-0.1, -0.05) is 11.6 Å². The van der Waals surface area contributed by atoms with Crippen molar-refractivity contribution >= 4 is 11.6 Å². The molecule has 1 aromatic rings. The van der Waals surface area contributed by atoms with Crippen molar-refractivity contribution in [3.8, 4) is 0 Å². The molecule has 0 saturated carbocycles. The van der Waals surface area contributed by atoms with Crippen LogP contribution >= 0.6 is 11.6 Å². The van der Waals surface area contributed by atoms with Crippen molar-refractivity contribution in [2.45, 2.75) is 31.9 Å². The average Bonchev–Trinajstić information content (AvgIpc) is 2.67. The van der Waals surface area contributed by atoms with Crippen LogP contribution in [-0.4, -0.2) is 22.3 Å². The first kappa shape index (κ1) is 11.4. The van der Waals surface area contributed by atoms with E-state index < -0.39 is 11.2 Å². The van der Waals surface area contributed by atoms with Gasteiger partial charge in [-0.2, -0.15) is 0 Å². The second-order valence-corrected chi connectivity index (χ2v) is 4.33. The molecule has 5 nitrogen and oxygen atoms in total. The van der Waals surface area contributed by atoms with E-state index in [2.05, 4.69) is 4.98 Å². The van der Waals surface area contributed by atoms with Crippen LogP contribution in [0.2, 0.25) is 5.15 Å². The number of halogens is 1. The Balaban J connectivity index is 2.39. The molecule has 0 bridgehead atoms. The van der Waals surface area contributed by atoms with E-state index in [9.17, 15) is 9.59 Å². The predicted octanol–water partition coefficient (Wildman–Crippen LogP) is 0.930. The minimum absolute atomic E-state index is 0.0609. The maximum atomic E-state index is 11.7. The topological polar surface area (TPSA) is 64.1 Å². The molecule has 88 valence electrons. The molecule has 0 aliphatic carbocycles. The Kier molecular flexibility index (Phi) is 3.16. The molecule has 0 aromatic carbocycles. The fourth-order valence-electron chi connectivity index (χ4n) is 2.01. The molecule has 0 spiro atoms. The molecule has 16 heavy (non-hydrogen) atoms. The van der Waals surface area contributed by atoms with E-state index in [1.165, 1.54) is 6.07 Å². The molecule has 1 aliphatic rings. The molecule has 1 saturated heterocycles. The van der Waals surface area contributed by atoms with Crippen molar-refractivity contribution in [2.75, 3.05) is 6.61 Å². The fourth-order valence-corrected chi connectivity index (χ4v) is 2.19. The third-order valence-corrected chi connectivity index (χ3v) is 3.05. The van der Waals surface area contributed by atoms with Gasteiger partial charge in [-0.05, 0) is 19.8 Å². The quantitative estimate of drug-likeness (QED) is 0.788. The lowest BCUT2D eigenvalue weighted by atomic mass is 10.1. The van der Waals surface area contributed by atoms with Crippen LogP contribution in [0.25, 0.3) is 0 Å². The summed E-state index contributed by atoms with van der Waals surface area (Å²) in [6.45, 7) is 2.50. The van der Waals surface area contributed by atoms with Crippen LogP contribution in [-0.2, 0) is 4.74 Å². The summed E-state index contributed by atoms with van der Waals surface area (Å²) in [7, 11) is 0. The Morgan fingerprint density at radius 2 is 2.38 bits per heavy atom. The van der Waals surface area contributed by atoms with Crippen LogP contribution in [0.1, 0.15) is 25.8 Å². The lowest BCUT2D eigenvalue weighted by molar-refractivity contribution is 0.0706. The molecule has 2 atom stereocenters. The van der Waals surface area contributed by atoms with Crippen LogP contribution < -0.4 is 11.2 Å². The Morgan fingerprint density at radius 3 is 2.94 bits per heavy atom. The second-order valence-electron chi connectivity index (χ2n) is 3.92. The molecule has 6 heteroatoms. The van der Waals surface area contributed by atoms with Crippen molar-refractivity contribution in [3.63, 3.8) is 0 Å². The highest BCUT2D eigenvalue weighted by molar-refractivity contribution is 6.29. The predicted molar refractivity (Wildman–Crippen MR) is 60.0 cm³/mol. The third-order valence-electron chi connectivity index (χ3n) is 2.84. The first-order chi connectivity index (χ1) is 7.59. The van der Waals surface area contributed by atoms with Gasteiger partial charge in [-0.3, -0.25) is 14.3 Å². The molecule has 1 N–H and O–H groups in total. The molecule has 2 heterocycles. The average molecular weight is 245 g/mol. The van der Waals surface area contributed by atoms with Gasteiger partial charge in [0.15, 0.2) is 0 Å². The zero-order chi connectivity index (χ0) is 11.7. The summed E-state index contributed by atoms with van der Waals surface area (Å²) in [6, 6.07) is 0.935. The maximum Gasteiger partial charge on any atom is 0.329 e. The summed E-state index contributed by atoms with van der Waals surface area (Å²) in [4.78, 5) is 25.7. The summed E-state index contributed by atoms with van der Waals surface area (Å²) in [5.74, 6) is 0. The summed E-state index contributed by atoms with van der Waals surface area (Å²) in [5, 5.41) is 0.0609. The van der Waals surface area contributed by atoms with E-state index in [1.807, 2.05) is 0 Å². The smallest absolute Gasteiger partial charge is 0.329 e. The van der Waals surface area contributed by atoms with Gasteiger partial charge in [0.2, 0.25) is 0 Å². The Bertz CT molecular complexity index is 456. The van der Waals surface area contributed by atoms with E-state index in [0.29, 0.717) is 6.61 Å². The van der Waals surface area contributed by atoms with Gasteiger partial charge in [0.25, 0.3) is 5.56 Å². The number of nitrogens with zero attached hydrogens (tertiary/aromatic N) is 1.